The Labute approximate surface area is 131 Å². The number of rotatable bonds is 4. The van der Waals surface area contributed by atoms with Gasteiger partial charge in [0, 0.05) is 12.0 Å². The van der Waals surface area contributed by atoms with Crippen molar-refractivity contribution in [1.29, 1.82) is 0 Å². The minimum absolute atomic E-state index is 0.0183. The summed E-state index contributed by atoms with van der Waals surface area (Å²) in [7, 11) is 0. The minimum Gasteiger partial charge on any atom is -0.415 e. The molecule has 1 aliphatic carbocycles. The van der Waals surface area contributed by atoms with Crippen molar-refractivity contribution in [3.8, 4) is 0 Å². The first kappa shape index (κ1) is 15.0. The summed E-state index contributed by atoms with van der Waals surface area (Å²) in [6, 6.07) is 1.49. The third-order valence-corrected chi connectivity index (χ3v) is 4.75. The zero-order valence-electron chi connectivity index (χ0n) is 12.2. The van der Waals surface area contributed by atoms with Crippen molar-refractivity contribution in [2.24, 2.45) is 0 Å². The van der Waals surface area contributed by atoms with Crippen molar-refractivity contribution >= 4 is 17.4 Å². The number of aromatic nitrogens is 3. The van der Waals surface area contributed by atoms with Crippen LogP contribution >= 0.6 is 11.8 Å². The molecule has 3 rings (SSSR count). The molecule has 1 fully saturated rings. The van der Waals surface area contributed by atoms with Crippen LogP contribution in [0.25, 0.3) is 0 Å². The van der Waals surface area contributed by atoms with Crippen LogP contribution < -0.4 is 0 Å². The van der Waals surface area contributed by atoms with Gasteiger partial charge in [0.1, 0.15) is 11.2 Å². The summed E-state index contributed by atoms with van der Waals surface area (Å²) in [6.45, 7) is 1.78. The van der Waals surface area contributed by atoms with Gasteiger partial charge in [-0.2, -0.15) is 0 Å². The van der Waals surface area contributed by atoms with Crippen molar-refractivity contribution in [3.05, 3.63) is 33.8 Å². The smallest absolute Gasteiger partial charge is 0.287 e. The quantitative estimate of drug-likeness (QED) is 0.623. The molecule has 8 heteroatoms. The van der Waals surface area contributed by atoms with E-state index in [0.29, 0.717) is 22.1 Å². The van der Waals surface area contributed by atoms with E-state index in [9.17, 15) is 10.1 Å². The summed E-state index contributed by atoms with van der Waals surface area (Å²) in [5.74, 6) is 1.06. The van der Waals surface area contributed by atoms with Crippen LogP contribution in [-0.2, 0) is 0 Å². The van der Waals surface area contributed by atoms with Gasteiger partial charge in [0.05, 0.1) is 4.92 Å². The molecule has 0 unspecified atom stereocenters. The fraction of sp³-hybridized carbons (Fsp3) is 0.500. The van der Waals surface area contributed by atoms with Crippen LogP contribution in [0, 0.1) is 17.0 Å². The maximum atomic E-state index is 10.7. The summed E-state index contributed by atoms with van der Waals surface area (Å²) in [5, 5.41) is 20.0. The molecule has 0 atom stereocenters. The van der Waals surface area contributed by atoms with E-state index in [1.165, 1.54) is 43.3 Å². The van der Waals surface area contributed by atoms with Crippen LogP contribution in [0.4, 0.5) is 5.69 Å². The summed E-state index contributed by atoms with van der Waals surface area (Å²) in [5.41, 5.74) is 0.701. The number of nitro groups is 1. The van der Waals surface area contributed by atoms with E-state index in [-0.39, 0.29) is 5.69 Å². The highest BCUT2D eigenvalue weighted by Crippen LogP contribution is 2.35. The van der Waals surface area contributed by atoms with Gasteiger partial charge in [-0.05, 0) is 37.1 Å². The maximum Gasteiger partial charge on any atom is 0.287 e. The molecule has 2 heterocycles. The van der Waals surface area contributed by atoms with E-state index in [1.54, 1.807) is 6.92 Å². The normalized spacial score (nSPS) is 15.9. The number of pyridine rings is 1. The van der Waals surface area contributed by atoms with E-state index in [0.717, 1.165) is 18.4 Å². The van der Waals surface area contributed by atoms with Gasteiger partial charge in [-0.25, -0.2) is 4.98 Å². The fourth-order valence-corrected chi connectivity index (χ4v) is 3.31. The molecule has 22 heavy (non-hydrogen) atoms. The molecule has 0 N–H and O–H groups in total. The predicted molar refractivity (Wildman–Crippen MR) is 79.9 cm³/mol. The van der Waals surface area contributed by atoms with Crippen molar-refractivity contribution < 1.29 is 9.34 Å². The molecule has 0 bridgehead atoms. The van der Waals surface area contributed by atoms with Gasteiger partial charge in [-0.1, -0.05) is 19.3 Å². The van der Waals surface area contributed by atoms with Crippen molar-refractivity contribution in [2.75, 3.05) is 0 Å². The highest BCUT2D eigenvalue weighted by Gasteiger charge is 2.22. The SMILES string of the molecule is Cc1cc([N+](=O)[O-])cnc1Sc1nnc(C2CCCCC2)o1. The van der Waals surface area contributed by atoms with Crippen LogP contribution in [0.3, 0.4) is 0 Å². The second kappa shape index (κ2) is 6.43. The molecule has 2 aromatic heterocycles. The first-order valence-corrected chi connectivity index (χ1v) is 8.07. The Bertz CT molecular complexity index is 682. The first-order chi connectivity index (χ1) is 10.6. The van der Waals surface area contributed by atoms with Crippen LogP contribution in [-0.4, -0.2) is 20.1 Å². The van der Waals surface area contributed by atoms with Crippen LogP contribution in [0.15, 0.2) is 26.9 Å². The highest BCUT2D eigenvalue weighted by molar-refractivity contribution is 7.99. The first-order valence-electron chi connectivity index (χ1n) is 7.26. The van der Waals surface area contributed by atoms with Gasteiger partial charge >= 0.3 is 0 Å². The van der Waals surface area contributed by atoms with Crippen molar-refractivity contribution in [3.63, 3.8) is 0 Å². The average Bonchev–Trinajstić information content (AvgIpc) is 2.98. The average molecular weight is 320 g/mol. The zero-order valence-corrected chi connectivity index (χ0v) is 13.0. The van der Waals surface area contributed by atoms with Gasteiger partial charge in [-0.3, -0.25) is 10.1 Å². The minimum atomic E-state index is -0.456. The summed E-state index contributed by atoms with van der Waals surface area (Å²) < 4.78 is 5.73. The monoisotopic (exact) mass is 320 g/mol. The summed E-state index contributed by atoms with van der Waals surface area (Å²) in [4.78, 5) is 14.4. The Morgan fingerprint density at radius 3 is 2.77 bits per heavy atom. The lowest BCUT2D eigenvalue weighted by molar-refractivity contribution is -0.385. The second-order valence-electron chi connectivity index (χ2n) is 5.42. The third kappa shape index (κ3) is 3.27. The molecule has 0 radical (unpaired) electrons. The standard InChI is InChI=1S/C14H16N4O3S/c1-9-7-11(18(19)20)8-15-13(9)22-14-17-16-12(21-14)10-5-3-2-4-6-10/h7-8,10H,2-6H2,1H3. The fourth-order valence-electron chi connectivity index (χ4n) is 2.61. The molecule has 1 aliphatic rings. The molecular formula is C14H16N4O3S. The molecule has 0 aromatic carbocycles. The van der Waals surface area contributed by atoms with Crippen molar-refractivity contribution in [1.82, 2.24) is 15.2 Å². The number of hydrogen-bond donors (Lipinski definition) is 0. The van der Waals surface area contributed by atoms with Crippen LogP contribution in [0.2, 0.25) is 0 Å². The van der Waals surface area contributed by atoms with Crippen LogP contribution in [0.1, 0.15) is 49.5 Å². The molecule has 1 saturated carbocycles. The lowest BCUT2D eigenvalue weighted by atomic mass is 9.89. The predicted octanol–water partition coefficient (Wildman–Crippen LogP) is 3.88. The summed E-state index contributed by atoms with van der Waals surface area (Å²) in [6.07, 6.45) is 7.13. The number of aryl methyl sites for hydroxylation is 1. The Morgan fingerprint density at radius 2 is 2.09 bits per heavy atom. The van der Waals surface area contributed by atoms with Crippen molar-refractivity contribution in [2.45, 2.75) is 55.2 Å². The number of nitrogens with zero attached hydrogens (tertiary/aromatic N) is 4. The molecule has 0 spiro atoms. The highest BCUT2D eigenvalue weighted by atomic mass is 32.2. The van der Waals surface area contributed by atoms with Gasteiger partial charge in [0.25, 0.3) is 10.9 Å². The zero-order chi connectivity index (χ0) is 15.5. The topological polar surface area (TPSA) is 95.0 Å². The lowest BCUT2D eigenvalue weighted by Gasteiger charge is -2.17. The summed E-state index contributed by atoms with van der Waals surface area (Å²) >= 11 is 1.25. The Kier molecular flexibility index (Phi) is 4.37. The molecule has 116 valence electrons. The van der Waals surface area contributed by atoms with E-state index < -0.39 is 4.92 Å². The molecule has 0 amide bonds. The Hall–Kier alpha value is -1.96. The van der Waals surface area contributed by atoms with Gasteiger partial charge < -0.3 is 4.42 Å². The van der Waals surface area contributed by atoms with E-state index >= 15 is 0 Å². The molecule has 2 aromatic rings. The molecular weight excluding hydrogens is 304 g/mol. The largest absolute Gasteiger partial charge is 0.415 e. The van der Waals surface area contributed by atoms with E-state index in [4.69, 9.17) is 4.42 Å². The number of hydrogen-bond acceptors (Lipinski definition) is 7. The lowest BCUT2D eigenvalue weighted by Crippen LogP contribution is -2.04. The van der Waals surface area contributed by atoms with Crippen LogP contribution in [0.5, 0.6) is 0 Å². The van der Waals surface area contributed by atoms with E-state index in [2.05, 4.69) is 15.2 Å². The molecule has 0 aliphatic heterocycles. The van der Waals surface area contributed by atoms with Gasteiger partial charge in [0.2, 0.25) is 5.89 Å². The van der Waals surface area contributed by atoms with Gasteiger partial charge in [0.15, 0.2) is 0 Å². The third-order valence-electron chi connectivity index (χ3n) is 3.79. The second-order valence-corrected chi connectivity index (χ2v) is 6.36. The molecule has 0 saturated heterocycles. The maximum absolute atomic E-state index is 10.7. The van der Waals surface area contributed by atoms with Gasteiger partial charge in [-0.15, -0.1) is 10.2 Å². The Morgan fingerprint density at radius 1 is 1.32 bits per heavy atom. The van der Waals surface area contributed by atoms with E-state index in [1.807, 2.05) is 0 Å². The Balaban J connectivity index is 1.73. The molecule has 7 nitrogen and oxygen atoms in total.